The van der Waals surface area contributed by atoms with Crippen molar-refractivity contribution >= 4 is 42.4 Å². The van der Waals surface area contributed by atoms with Gasteiger partial charge in [-0.15, -0.1) is 24.8 Å². The van der Waals surface area contributed by atoms with E-state index in [4.69, 9.17) is 17.3 Å². The van der Waals surface area contributed by atoms with Gasteiger partial charge in [0.1, 0.15) is 0 Å². The fraction of sp³-hybridized carbons (Fsp3) is 0.368. The zero-order valence-corrected chi connectivity index (χ0v) is 17.7. The Morgan fingerprint density at radius 3 is 2.15 bits per heavy atom. The molecule has 1 aromatic heterocycles. The van der Waals surface area contributed by atoms with Gasteiger partial charge < -0.3 is 10.8 Å². The van der Waals surface area contributed by atoms with Crippen LogP contribution < -0.4 is 5.73 Å². The number of pyridine rings is 1. The van der Waals surface area contributed by atoms with Crippen LogP contribution in [0.3, 0.4) is 0 Å². The number of aryl methyl sites for hydroxylation is 1. The minimum absolute atomic E-state index is 0. The third kappa shape index (κ3) is 5.58. The number of benzene rings is 1. The standard InChI is InChI=1S/C19H23ClN2O2.2ClH/c1-11-16(18(23)24)17(12-5-7-13(20)8-6-12)14(10-21)15(22-11)9-19(2,3)4;;/h5-8H,9-10,21H2,1-4H3,(H,23,24);2*1H. The predicted molar refractivity (Wildman–Crippen MR) is 112 cm³/mol. The van der Waals surface area contributed by atoms with E-state index in [1.54, 1.807) is 19.1 Å². The number of nitrogens with two attached hydrogens (primary N) is 1. The Kier molecular flexibility index (Phi) is 9.07. The molecule has 0 radical (unpaired) electrons. The second-order valence-electron chi connectivity index (χ2n) is 7.13. The summed E-state index contributed by atoms with van der Waals surface area (Å²) >= 11 is 5.97. The highest BCUT2D eigenvalue weighted by Crippen LogP contribution is 2.34. The lowest BCUT2D eigenvalue weighted by Gasteiger charge is -2.23. The summed E-state index contributed by atoms with van der Waals surface area (Å²) in [4.78, 5) is 16.4. The second-order valence-corrected chi connectivity index (χ2v) is 7.56. The van der Waals surface area contributed by atoms with Gasteiger partial charge in [-0.25, -0.2) is 4.79 Å². The van der Waals surface area contributed by atoms with Crippen molar-refractivity contribution in [3.05, 3.63) is 51.8 Å². The van der Waals surface area contributed by atoms with Crippen molar-refractivity contribution in [1.29, 1.82) is 0 Å². The van der Waals surface area contributed by atoms with Crippen LogP contribution in [0.25, 0.3) is 11.1 Å². The van der Waals surface area contributed by atoms with Crippen molar-refractivity contribution in [2.45, 2.75) is 40.7 Å². The van der Waals surface area contributed by atoms with Crippen molar-refractivity contribution in [2.24, 2.45) is 11.1 Å². The highest BCUT2D eigenvalue weighted by molar-refractivity contribution is 6.30. The van der Waals surface area contributed by atoms with E-state index >= 15 is 0 Å². The molecule has 4 nitrogen and oxygen atoms in total. The Bertz CT molecular complexity index is 770. The molecule has 0 spiro atoms. The van der Waals surface area contributed by atoms with Crippen LogP contribution in [-0.2, 0) is 13.0 Å². The molecule has 0 aliphatic rings. The predicted octanol–water partition coefficient (Wildman–Crippen LogP) is 5.30. The number of rotatable bonds is 4. The van der Waals surface area contributed by atoms with E-state index in [2.05, 4.69) is 25.8 Å². The maximum absolute atomic E-state index is 11.8. The van der Waals surface area contributed by atoms with Gasteiger partial charge in [-0.2, -0.15) is 0 Å². The summed E-state index contributed by atoms with van der Waals surface area (Å²) in [5, 5.41) is 10.3. The first-order valence-electron chi connectivity index (χ1n) is 7.85. The van der Waals surface area contributed by atoms with Gasteiger partial charge >= 0.3 is 5.97 Å². The molecular weight excluding hydrogens is 395 g/mol. The topological polar surface area (TPSA) is 76.2 Å². The summed E-state index contributed by atoms with van der Waals surface area (Å²) in [7, 11) is 0. The van der Waals surface area contributed by atoms with Crippen LogP contribution in [0.4, 0.5) is 0 Å². The van der Waals surface area contributed by atoms with Crippen LogP contribution in [0.1, 0.15) is 48.1 Å². The Balaban J connectivity index is 0.00000312. The van der Waals surface area contributed by atoms with Gasteiger partial charge in [0.05, 0.1) is 11.3 Å². The molecule has 0 aliphatic heterocycles. The van der Waals surface area contributed by atoms with E-state index in [1.807, 2.05) is 12.1 Å². The molecule has 0 aliphatic carbocycles. The van der Waals surface area contributed by atoms with E-state index in [9.17, 15) is 9.90 Å². The molecule has 0 amide bonds. The Morgan fingerprint density at radius 1 is 1.19 bits per heavy atom. The zero-order valence-electron chi connectivity index (χ0n) is 15.3. The van der Waals surface area contributed by atoms with Crippen LogP contribution in [0.15, 0.2) is 24.3 Å². The number of hydrogen-bond acceptors (Lipinski definition) is 3. The summed E-state index contributed by atoms with van der Waals surface area (Å²) in [6.45, 7) is 8.33. The summed E-state index contributed by atoms with van der Waals surface area (Å²) in [5.41, 5.74) is 9.81. The SMILES string of the molecule is Cc1nc(CC(C)(C)C)c(CN)c(-c2ccc(Cl)cc2)c1C(=O)O.Cl.Cl. The molecule has 0 fully saturated rings. The van der Waals surface area contributed by atoms with Crippen LogP contribution in [-0.4, -0.2) is 16.1 Å². The molecule has 26 heavy (non-hydrogen) atoms. The molecule has 1 aromatic carbocycles. The maximum Gasteiger partial charge on any atom is 0.338 e. The average Bonchev–Trinajstić information content (AvgIpc) is 2.45. The van der Waals surface area contributed by atoms with Gasteiger partial charge in [0.15, 0.2) is 0 Å². The molecule has 0 bridgehead atoms. The van der Waals surface area contributed by atoms with Gasteiger partial charge in [0.25, 0.3) is 0 Å². The van der Waals surface area contributed by atoms with Crippen LogP contribution in [0.5, 0.6) is 0 Å². The summed E-state index contributed by atoms with van der Waals surface area (Å²) < 4.78 is 0. The molecular formula is C19H25Cl3N2O2. The smallest absolute Gasteiger partial charge is 0.338 e. The lowest BCUT2D eigenvalue weighted by atomic mass is 9.85. The molecule has 2 rings (SSSR count). The van der Waals surface area contributed by atoms with E-state index in [-0.39, 0.29) is 42.3 Å². The molecule has 3 N–H and O–H groups in total. The van der Waals surface area contributed by atoms with Gasteiger partial charge in [-0.05, 0) is 42.0 Å². The third-order valence-corrected chi connectivity index (χ3v) is 4.07. The highest BCUT2D eigenvalue weighted by atomic mass is 35.5. The monoisotopic (exact) mass is 418 g/mol. The molecule has 0 unspecified atom stereocenters. The molecule has 144 valence electrons. The lowest BCUT2D eigenvalue weighted by molar-refractivity contribution is 0.0696. The first-order chi connectivity index (χ1) is 11.1. The lowest BCUT2D eigenvalue weighted by Crippen LogP contribution is -2.18. The third-order valence-electron chi connectivity index (χ3n) is 3.81. The Morgan fingerprint density at radius 2 is 1.73 bits per heavy atom. The molecule has 1 heterocycles. The fourth-order valence-electron chi connectivity index (χ4n) is 2.87. The van der Waals surface area contributed by atoms with E-state index in [1.165, 1.54) is 0 Å². The summed E-state index contributed by atoms with van der Waals surface area (Å²) in [5.74, 6) is -0.998. The van der Waals surface area contributed by atoms with Crippen LogP contribution >= 0.6 is 36.4 Å². The summed E-state index contributed by atoms with van der Waals surface area (Å²) in [6, 6.07) is 7.15. The number of halogens is 3. The largest absolute Gasteiger partial charge is 0.478 e. The number of carboxylic acids is 1. The van der Waals surface area contributed by atoms with Crippen molar-refractivity contribution < 1.29 is 9.90 Å². The van der Waals surface area contributed by atoms with Crippen LogP contribution in [0, 0.1) is 12.3 Å². The van der Waals surface area contributed by atoms with Gasteiger partial charge in [0, 0.05) is 22.8 Å². The van der Waals surface area contributed by atoms with Gasteiger partial charge in [-0.1, -0.05) is 44.5 Å². The van der Waals surface area contributed by atoms with Crippen molar-refractivity contribution in [2.75, 3.05) is 0 Å². The molecule has 7 heteroatoms. The van der Waals surface area contributed by atoms with Gasteiger partial charge in [0.2, 0.25) is 0 Å². The number of aromatic carboxylic acids is 1. The second kappa shape index (κ2) is 9.56. The van der Waals surface area contributed by atoms with Gasteiger partial charge in [-0.3, -0.25) is 4.98 Å². The zero-order chi connectivity index (χ0) is 18.1. The molecule has 0 saturated heterocycles. The quantitative estimate of drug-likeness (QED) is 0.705. The maximum atomic E-state index is 11.8. The molecule has 2 aromatic rings. The number of hydrogen-bond donors (Lipinski definition) is 2. The van der Waals surface area contributed by atoms with E-state index in [0.717, 1.165) is 23.2 Å². The number of carboxylic acid groups (broad SMARTS) is 1. The van der Waals surface area contributed by atoms with Crippen LogP contribution in [0.2, 0.25) is 5.02 Å². The minimum atomic E-state index is -0.998. The Labute approximate surface area is 172 Å². The first-order valence-corrected chi connectivity index (χ1v) is 8.23. The Hall–Kier alpha value is -1.33. The normalized spacial score (nSPS) is 10.7. The van der Waals surface area contributed by atoms with E-state index < -0.39 is 5.97 Å². The molecule has 0 saturated carbocycles. The fourth-order valence-corrected chi connectivity index (χ4v) is 2.99. The highest BCUT2D eigenvalue weighted by Gasteiger charge is 2.24. The molecule has 0 atom stereocenters. The first kappa shape index (κ1) is 24.7. The van der Waals surface area contributed by atoms with E-state index in [0.29, 0.717) is 16.3 Å². The number of aromatic nitrogens is 1. The average molecular weight is 420 g/mol. The van der Waals surface area contributed by atoms with Crippen molar-refractivity contribution in [3.8, 4) is 11.1 Å². The van der Waals surface area contributed by atoms with Crippen molar-refractivity contribution in [1.82, 2.24) is 4.98 Å². The summed E-state index contributed by atoms with van der Waals surface area (Å²) in [6.07, 6.45) is 0.723. The number of carbonyl (C=O) groups is 1. The minimum Gasteiger partial charge on any atom is -0.478 e. The van der Waals surface area contributed by atoms with Crippen molar-refractivity contribution in [3.63, 3.8) is 0 Å². The number of nitrogens with zero attached hydrogens (tertiary/aromatic N) is 1.